The molecule has 0 amide bonds. The molecule has 0 unspecified atom stereocenters. The van der Waals surface area contributed by atoms with Crippen LogP contribution in [0.3, 0.4) is 0 Å². The Labute approximate surface area is 164 Å². The van der Waals surface area contributed by atoms with Gasteiger partial charge in [-0.3, -0.25) is 0 Å². The molecule has 1 aromatic carbocycles. The topological polar surface area (TPSA) is 60.5 Å². The maximum Gasteiger partial charge on any atom is 0.161 e. The molecule has 0 N–H and O–H groups in total. The molecule has 1 fully saturated rings. The molecule has 0 aliphatic carbocycles. The van der Waals surface area contributed by atoms with Crippen LogP contribution >= 0.6 is 15.9 Å². The Hall–Kier alpha value is -2.71. The van der Waals surface area contributed by atoms with Gasteiger partial charge in [-0.2, -0.15) is 14.7 Å². The molecule has 0 saturated carbocycles. The number of morpholine rings is 1. The SMILES string of the molecule is Brc1cc2nc(-n3ccc(-c4ccccc4)n3)cc(N3CCOCC3)n2n1. The van der Waals surface area contributed by atoms with E-state index in [9.17, 15) is 0 Å². The molecule has 27 heavy (non-hydrogen) atoms. The number of ether oxygens (including phenoxy) is 1. The van der Waals surface area contributed by atoms with Crippen molar-refractivity contribution in [2.24, 2.45) is 0 Å². The standard InChI is InChI=1S/C19H17BrN6O/c20-16-12-18-21-17(13-19(26(18)23-16)24-8-10-27-11-9-24)25-7-6-15(22-25)14-4-2-1-3-5-14/h1-7,12-13H,8-11H2. The van der Waals surface area contributed by atoms with E-state index in [-0.39, 0.29) is 0 Å². The van der Waals surface area contributed by atoms with Crippen LogP contribution in [0.5, 0.6) is 0 Å². The van der Waals surface area contributed by atoms with Crippen LogP contribution < -0.4 is 4.90 Å². The first-order valence-corrected chi connectivity index (χ1v) is 9.58. The molecule has 136 valence electrons. The Balaban J connectivity index is 1.60. The van der Waals surface area contributed by atoms with E-state index in [1.165, 1.54) is 0 Å². The van der Waals surface area contributed by atoms with E-state index in [1.54, 1.807) is 0 Å². The molecule has 1 saturated heterocycles. The van der Waals surface area contributed by atoms with Crippen LogP contribution in [0.4, 0.5) is 5.82 Å². The van der Waals surface area contributed by atoms with Crippen molar-refractivity contribution in [2.75, 3.05) is 31.2 Å². The molecule has 1 aliphatic heterocycles. The quantitative estimate of drug-likeness (QED) is 0.505. The van der Waals surface area contributed by atoms with Crippen LogP contribution in [0.25, 0.3) is 22.7 Å². The molecule has 3 aromatic heterocycles. The van der Waals surface area contributed by atoms with Crippen molar-refractivity contribution in [1.29, 1.82) is 0 Å². The summed E-state index contributed by atoms with van der Waals surface area (Å²) >= 11 is 3.46. The van der Waals surface area contributed by atoms with Gasteiger partial charge in [-0.1, -0.05) is 30.3 Å². The smallest absolute Gasteiger partial charge is 0.161 e. The maximum absolute atomic E-state index is 5.49. The summed E-state index contributed by atoms with van der Waals surface area (Å²) in [6.45, 7) is 3.07. The van der Waals surface area contributed by atoms with E-state index >= 15 is 0 Å². The first kappa shape index (κ1) is 16.5. The fourth-order valence-electron chi connectivity index (χ4n) is 3.27. The number of hydrogen-bond acceptors (Lipinski definition) is 5. The fourth-order valence-corrected chi connectivity index (χ4v) is 3.63. The first-order chi connectivity index (χ1) is 13.3. The second kappa shape index (κ2) is 6.79. The highest BCUT2D eigenvalue weighted by atomic mass is 79.9. The molecule has 0 radical (unpaired) electrons. The highest BCUT2D eigenvalue weighted by Crippen LogP contribution is 2.24. The normalized spacial score (nSPS) is 14.8. The average Bonchev–Trinajstić information content (AvgIpc) is 3.34. The van der Waals surface area contributed by atoms with E-state index < -0.39 is 0 Å². The Morgan fingerprint density at radius 2 is 1.78 bits per heavy atom. The highest BCUT2D eigenvalue weighted by Gasteiger charge is 2.18. The minimum atomic E-state index is 0.710. The summed E-state index contributed by atoms with van der Waals surface area (Å²) in [5, 5.41) is 9.25. The number of benzene rings is 1. The number of fused-ring (bicyclic) bond motifs is 1. The minimum absolute atomic E-state index is 0.710. The minimum Gasteiger partial charge on any atom is -0.378 e. The van der Waals surface area contributed by atoms with E-state index in [0.29, 0.717) is 13.2 Å². The number of hydrogen-bond donors (Lipinski definition) is 0. The molecule has 7 nitrogen and oxygen atoms in total. The molecule has 0 atom stereocenters. The predicted octanol–water partition coefficient (Wildman–Crippen LogP) is 3.18. The number of halogens is 1. The second-order valence-corrected chi connectivity index (χ2v) is 7.13. The van der Waals surface area contributed by atoms with Crippen molar-refractivity contribution < 1.29 is 4.74 Å². The largest absolute Gasteiger partial charge is 0.378 e. The van der Waals surface area contributed by atoms with Crippen molar-refractivity contribution in [3.63, 3.8) is 0 Å². The second-order valence-electron chi connectivity index (χ2n) is 6.32. The Kier molecular flexibility index (Phi) is 4.14. The molecule has 4 aromatic rings. The van der Waals surface area contributed by atoms with Gasteiger partial charge in [0.15, 0.2) is 11.5 Å². The van der Waals surface area contributed by atoms with Gasteiger partial charge in [0.05, 0.1) is 18.9 Å². The molecule has 1 aliphatic rings. The summed E-state index contributed by atoms with van der Waals surface area (Å²) < 4.78 is 9.92. The van der Waals surface area contributed by atoms with Crippen molar-refractivity contribution in [2.45, 2.75) is 0 Å². The Morgan fingerprint density at radius 3 is 2.59 bits per heavy atom. The molecule has 0 bridgehead atoms. The van der Waals surface area contributed by atoms with Crippen LogP contribution in [-0.4, -0.2) is 50.7 Å². The molecule has 0 spiro atoms. The van der Waals surface area contributed by atoms with Gasteiger partial charge in [0.2, 0.25) is 0 Å². The van der Waals surface area contributed by atoms with E-state index in [1.807, 2.05) is 51.8 Å². The summed E-state index contributed by atoms with van der Waals surface area (Å²) in [5.74, 6) is 1.75. The lowest BCUT2D eigenvalue weighted by Gasteiger charge is -2.29. The lowest BCUT2D eigenvalue weighted by molar-refractivity contribution is 0.122. The first-order valence-electron chi connectivity index (χ1n) is 8.78. The fraction of sp³-hybridized carbons (Fsp3) is 0.211. The maximum atomic E-state index is 5.49. The van der Waals surface area contributed by atoms with Crippen LogP contribution in [0.1, 0.15) is 0 Å². The average molecular weight is 425 g/mol. The number of rotatable bonds is 3. The zero-order chi connectivity index (χ0) is 18.2. The zero-order valence-corrected chi connectivity index (χ0v) is 16.1. The van der Waals surface area contributed by atoms with Crippen molar-refractivity contribution >= 4 is 27.4 Å². The summed E-state index contributed by atoms with van der Waals surface area (Å²) in [7, 11) is 0. The van der Waals surface area contributed by atoms with Crippen molar-refractivity contribution in [1.82, 2.24) is 24.4 Å². The lowest BCUT2D eigenvalue weighted by atomic mass is 10.2. The molecule has 5 rings (SSSR count). The number of anilines is 1. The van der Waals surface area contributed by atoms with Gasteiger partial charge in [-0.15, -0.1) is 0 Å². The van der Waals surface area contributed by atoms with Gasteiger partial charge >= 0.3 is 0 Å². The predicted molar refractivity (Wildman–Crippen MR) is 106 cm³/mol. The van der Waals surface area contributed by atoms with E-state index in [4.69, 9.17) is 14.8 Å². The lowest BCUT2D eigenvalue weighted by Crippen LogP contribution is -2.37. The molecular formula is C19H17BrN6O. The van der Waals surface area contributed by atoms with Crippen LogP contribution in [0.15, 0.2) is 59.3 Å². The van der Waals surface area contributed by atoms with Crippen molar-refractivity contribution in [3.05, 3.63) is 59.3 Å². The van der Waals surface area contributed by atoms with Crippen LogP contribution in [0, 0.1) is 0 Å². The molecular weight excluding hydrogens is 408 g/mol. The zero-order valence-electron chi connectivity index (χ0n) is 14.5. The van der Waals surface area contributed by atoms with Gasteiger partial charge in [0, 0.05) is 37.0 Å². The van der Waals surface area contributed by atoms with Gasteiger partial charge in [-0.05, 0) is 22.0 Å². The summed E-state index contributed by atoms with van der Waals surface area (Å²) in [6, 6.07) is 16.1. The van der Waals surface area contributed by atoms with Gasteiger partial charge < -0.3 is 9.64 Å². The molecule has 8 heteroatoms. The highest BCUT2D eigenvalue weighted by molar-refractivity contribution is 9.10. The van der Waals surface area contributed by atoms with E-state index in [2.05, 4.69) is 38.1 Å². The van der Waals surface area contributed by atoms with Gasteiger partial charge in [0.1, 0.15) is 10.4 Å². The van der Waals surface area contributed by atoms with Crippen LogP contribution in [-0.2, 0) is 4.74 Å². The van der Waals surface area contributed by atoms with Crippen LogP contribution in [0.2, 0.25) is 0 Å². The van der Waals surface area contributed by atoms with Gasteiger partial charge in [-0.25, -0.2) is 9.67 Å². The Bertz CT molecular complexity index is 1080. The summed E-state index contributed by atoms with van der Waals surface area (Å²) in [6.07, 6.45) is 1.94. The van der Waals surface area contributed by atoms with E-state index in [0.717, 1.165) is 46.2 Å². The summed E-state index contributed by atoms with van der Waals surface area (Å²) in [4.78, 5) is 7.01. The Morgan fingerprint density at radius 1 is 0.963 bits per heavy atom. The number of nitrogens with zero attached hydrogens (tertiary/aromatic N) is 6. The summed E-state index contributed by atoms with van der Waals surface area (Å²) in [5.41, 5.74) is 2.77. The third-order valence-electron chi connectivity index (χ3n) is 4.59. The van der Waals surface area contributed by atoms with Crippen molar-refractivity contribution in [3.8, 4) is 17.1 Å². The van der Waals surface area contributed by atoms with Gasteiger partial charge in [0.25, 0.3) is 0 Å². The third kappa shape index (κ3) is 3.11. The number of aromatic nitrogens is 5. The molecule has 4 heterocycles. The third-order valence-corrected chi connectivity index (χ3v) is 4.98. The monoisotopic (exact) mass is 424 g/mol.